The van der Waals surface area contributed by atoms with Crippen LogP contribution in [0.1, 0.15) is 11.6 Å². The summed E-state index contributed by atoms with van der Waals surface area (Å²) in [5.74, 6) is -5.23. The molecule has 6 heterocycles. The monoisotopic (exact) mass is 683 g/mol. The zero-order valence-electron chi connectivity index (χ0n) is 21.4. The van der Waals surface area contributed by atoms with E-state index in [1.807, 2.05) is 9.47 Å². The van der Waals surface area contributed by atoms with Crippen molar-refractivity contribution >= 4 is 77.3 Å². The van der Waals surface area contributed by atoms with Crippen LogP contribution < -0.4 is 17.0 Å². The summed E-state index contributed by atoms with van der Waals surface area (Å²) in [7, 11) is 1.13. The summed E-state index contributed by atoms with van der Waals surface area (Å²) < 4.78 is 75.7. The van der Waals surface area contributed by atoms with E-state index < -0.39 is 68.5 Å². The van der Waals surface area contributed by atoms with Gasteiger partial charge in [0.25, 0.3) is 5.56 Å². The Morgan fingerprint density at radius 3 is 2.81 bits per heavy atom. The second kappa shape index (κ2) is 12.2. The average Bonchev–Trinajstić information content (AvgIpc) is 3.71. The number of anilines is 2. The van der Waals surface area contributed by atoms with E-state index in [4.69, 9.17) is 34.0 Å². The maximum atomic E-state index is 15.7. The number of halogens is 3. The van der Waals surface area contributed by atoms with Crippen molar-refractivity contribution < 1.29 is 35.7 Å². The van der Waals surface area contributed by atoms with Gasteiger partial charge in [0.15, 0.2) is 43.4 Å². The molecule has 9 atom stereocenters. The number of aromatic nitrogens is 9. The van der Waals surface area contributed by atoms with Gasteiger partial charge >= 0.3 is 5.92 Å². The summed E-state index contributed by atoms with van der Waals surface area (Å²) in [5.41, 5.74) is 9.80. The van der Waals surface area contributed by atoms with Crippen molar-refractivity contribution in [3.63, 3.8) is 0 Å². The Bertz CT molecular complexity index is 1690. The van der Waals surface area contributed by atoms with E-state index in [1.54, 1.807) is 0 Å². The predicted molar refractivity (Wildman–Crippen MR) is 153 cm³/mol. The Hall–Kier alpha value is -2.42. The number of thiol groups is 1. The summed E-state index contributed by atoms with van der Waals surface area (Å²) in [5, 5.41) is 6.74. The first-order valence-electron chi connectivity index (χ1n) is 12.2. The number of nitrogen functional groups attached to an aromatic ring is 2. The van der Waals surface area contributed by atoms with E-state index in [0.717, 1.165) is 22.8 Å². The minimum Gasteiger partial charge on any atom is -0.382 e. The first-order chi connectivity index (χ1) is 20.6. The minimum atomic E-state index is -3.53. The van der Waals surface area contributed by atoms with Crippen LogP contribution in [-0.4, -0.2) is 87.4 Å². The van der Waals surface area contributed by atoms with Gasteiger partial charge in [-0.3, -0.25) is 14.3 Å². The molecule has 43 heavy (non-hydrogen) atoms. The third-order valence-corrected chi connectivity index (χ3v) is 9.45. The Morgan fingerprint density at radius 1 is 1.23 bits per heavy atom. The Labute approximate surface area is 252 Å². The summed E-state index contributed by atoms with van der Waals surface area (Å²) in [4.78, 5) is 30.3. The van der Waals surface area contributed by atoms with Crippen molar-refractivity contribution in [3.8, 4) is 0 Å². The highest BCUT2D eigenvalue weighted by molar-refractivity contribution is 8.00. The topological polar surface area (TPSA) is 218 Å². The fourth-order valence-electron chi connectivity index (χ4n) is 4.77. The number of nitrogens with zero attached hydrogens (tertiary/aromatic N) is 8. The highest BCUT2D eigenvalue weighted by Gasteiger charge is 2.60. The van der Waals surface area contributed by atoms with Crippen molar-refractivity contribution in [2.75, 3.05) is 24.7 Å². The molecule has 0 radical (unpaired) electrons. The third kappa shape index (κ3) is 5.42. The summed E-state index contributed by atoms with van der Waals surface area (Å²) >= 11 is 4.78. The lowest BCUT2D eigenvalue weighted by Crippen LogP contribution is -2.37. The van der Waals surface area contributed by atoms with Crippen molar-refractivity contribution in [2.24, 2.45) is 5.92 Å². The molecule has 0 spiro atoms. The number of aromatic amines is 1. The Balaban J connectivity index is 1.13. The van der Waals surface area contributed by atoms with Gasteiger partial charge < -0.3 is 34.0 Å². The second-order valence-electron chi connectivity index (χ2n) is 9.30. The molecule has 232 valence electrons. The molecule has 24 heteroatoms. The van der Waals surface area contributed by atoms with Gasteiger partial charge in [-0.15, -0.1) is 5.10 Å². The molecule has 4 aromatic heterocycles. The van der Waals surface area contributed by atoms with Crippen molar-refractivity contribution in [1.29, 1.82) is 0 Å². The summed E-state index contributed by atoms with van der Waals surface area (Å²) in [6.07, 6.45) is -3.52. The standard InChI is InChI=1S/C19H22F3N11O6P2S2/c20-7-10(39-42)15(32-4-27-9-13(32)28-18(24)29-14(9)34)43-16(7)38-41-36-1-5-6(2-35-40)37-17(19(5,21)22)33-12-8(30-31-33)11(23)25-3-26-12/h3-7,10,15-17,41-42H,1-2,40H2,(H2,23,25,26)(H3,24,28,29,34)/t5-,6-,7-,10-,15-,16?,17-/m1/s1. The number of fused-ring (bicyclic) bond motifs is 2. The van der Waals surface area contributed by atoms with E-state index in [-0.39, 0.29) is 40.7 Å². The van der Waals surface area contributed by atoms with Crippen LogP contribution in [0.5, 0.6) is 0 Å². The van der Waals surface area contributed by atoms with Crippen molar-refractivity contribution in [1.82, 2.24) is 44.5 Å². The van der Waals surface area contributed by atoms with Gasteiger partial charge in [-0.25, -0.2) is 28.1 Å². The average molecular weight is 684 g/mol. The Morgan fingerprint density at radius 2 is 2.05 bits per heavy atom. The van der Waals surface area contributed by atoms with E-state index in [0.29, 0.717) is 0 Å². The molecule has 0 saturated carbocycles. The van der Waals surface area contributed by atoms with Crippen LogP contribution in [0, 0.1) is 5.92 Å². The van der Waals surface area contributed by atoms with Gasteiger partial charge in [0, 0.05) is 9.47 Å². The van der Waals surface area contributed by atoms with E-state index in [2.05, 4.69) is 48.1 Å². The van der Waals surface area contributed by atoms with Gasteiger partial charge in [0.2, 0.25) is 12.2 Å². The molecule has 2 saturated heterocycles. The van der Waals surface area contributed by atoms with Crippen molar-refractivity contribution in [2.45, 2.75) is 41.3 Å². The van der Waals surface area contributed by atoms with Gasteiger partial charge in [-0.05, 0) is 12.9 Å². The lowest BCUT2D eigenvalue weighted by molar-refractivity contribution is -0.132. The minimum absolute atomic E-state index is 0.00506. The normalized spacial score (nSPS) is 29.1. The zero-order valence-corrected chi connectivity index (χ0v) is 25.2. The smallest absolute Gasteiger partial charge is 0.301 e. The number of rotatable bonds is 10. The molecular formula is C19H22F3N11O6P2S2. The zero-order chi connectivity index (χ0) is 30.5. The molecule has 5 N–H and O–H groups in total. The maximum absolute atomic E-state index is 15.7. The van der Waals surface area contributed by atoms with Crippen LogP contribution in [-0.2, 0) is 22.5 Å². The molecule has 0 aromatic carbocycles. The largest absolute Gasteiger partial charge is 0.382 e. The van der Waals surface area contributed by atoms with E-state index in [1.165, 1.54) is 10.9 Å². The fourth-order valence-corrected chi connectivity index (χ4v) is 7.38. The number of hydrogen-bond acceptors (Lipinski definition) is 16. The number of thioether (sulfide) groups is 1. The number of nitrogens with one attached hydrogen (secondary N) is 1. The number of alkyl halides is 3. The molecule has 4 aromatic rings. The first-order valence-corrected chi connectivity index (χ1v) is 14.8. The molecule has 2 aliphatic rings. The molecule has 3 unspecified atom stereocenters. The molecule has 17 nitrogen and oxygen atoms in total. The molecule has 2 fully saturated rings. The maximum Gasteiger partial charge on any atom is 0.301 e. The SMILES string of the molecule is Nc1nc2c(ncn2[C@@H]2SC(OPOC[C@@H]3[C@@H](COP)O[C@@H](n4nnc5c(N)ncnc54)C3(F)F)[C@H](F)[C@H]2OS)c(=O)[nH]1. The highest BCUT2D eigenvalue weighted by Crippen LogP contribution is 2.50. The van der Waals surface area contributed by atoms with E-state index in [9.17, 15) is 4.79 Å². The molecule has 0 aliphatic carbocycles. The number of hydrogen-bond donors (Lipinski definition) is 4. The van der Waals surface area contributed by atoms with E-state index >= 15 is 13.2 Å². The quantitative estimate of drug-likeness (QED) is 0.0798. The van der Waals surface area contributed by atoms with Crippen LogP contribution in [0.15, 0.2) is 17.4 Å². The fraction of sp³-hybridized carbons (Fsp3) is 0.526. The molecule has 0 amide bonds. The summed E-state index contributed by atoms with van der Waals surface area (Å²) in [6, 6.07) is 0. The van der Waals surface area contributed by atoms with Crippen molar-refractivity contribution in [3.05, 3.63) is 23.0 Å². The number of imidazole rings is 1. The van der Waals surface area contributed by atoms with Crippen LogP contribution in [0.2, 0.25) is 0 Å². The van der Waals surface area contributed by atoms with Crippen LogP contribution in [0.4, 0.5) is 24.9 Å². The van der Waals surface area contributed by atoms with Gasteiger partial charge in [0.1, 0.15) is 23.2 Å². The van der Waals surface area contributed by atoms with Gasteiger partial charge in [-0.2, -0.15) is 9.67 Å². The van der Waals surface area contributed by atoms with Gasteiger partial charge in [0.05, 0.1) is 31.6 Å². The predicted octanol–water partition coefficient (Wildman–Crippen LogP) is 1.16. The first kappa shape index (κ1) is 30.6. The van der Waals surface area contributed by atoms with Crippen LogP contribution >= 0.6 is 43.2 Å². The number of nitrogens with two attached hydrogens (primary N) is 2. The third-order valence-electron chi connectivity index (χ3n) is 6.81. The number of H-pyrrole nitrogens is 1. The van der Waals surface area contributed by atoms with Gasteiger partial charge in [-0.1, -0.05) is 17.0 Å². The molecule has 0 bridgehead atoms. The second-order valence-corrected chi connectivity index (χ2v) is 11.8. The molecular weight excluding hydrogens is 661 g/mol. The molecule has 6 rings (SSSR count). The van der Waals surface area contributed by atoms with Crippen LogP contribution in [0.3, 0.4) is 0 Å². The lowest BCUT2D eigenvalue weighted by atomic mass is 9.98. The molecule has 2 aliphatic heterocycles. The number of ether oxygens (including phenoxy) is 1. The summed E-state index contributed by atoms with van der Waals surface area (Å²) in [6.45, 7) is -0.751. The highest BCUT2D eigenvalue weighted by atomic mass is 32.2. The Kier molecular flexibility index (Phi) is 8.66. The van der Waals surface area contributed by atoms with Crippen LogP contribution in [0.25, 0.3) is 22.3 Å². The lowest BCUT2D eigenvalue weighted by Gasteiger charge is -2.23.